The van der Waals surface area contributed by atoms with Crippen LogP contribution < -0.4 is 15.4 Å². The van der Waals surface area contributed by atoms with Gasteiger partial charge in [-0.25, -0.2) is 13.6 Å². The molecule has 1 saturated heterocycles. The number of aliphatic hydroxyl groups is 4. The number of nitrogens with one attached hydrogen (secondary N) is 2. The summed E-state index contributed by atoms with van der Waals surface area (Å²) in [5.41, 5.74) is 7.25. The lowest BCUT2D eigenvalue weighted by atomic mass is 9.99. The summed E-state index contributed by atoms with van der Waals surface area (Å²) in [4.78, 5) is 26.8. The summed E-state index contributed by atoms with van der Waals surface area (Å²) in [7, 11) is 0. The van der Waals surface area contributed by atoms with Gasteiger partial charge in [0.1, 0.15) is 37.0 Å². The number of benzene rings is 1. The third-order valence-corrected chi connectivity index (χ3v) is 6.09. The first-order chi connectivity index (χ1) is 21.5. The Morgan fingerprint density at radius 3 is 2.44 bits per heavy atom. The Labute approximate surface area is 255 Å². The molecule has 17 nitrogen and oxygen atoms in total. The van der Waals surface area contributed by atoms with E-state index in [0.29, 0.717) is 0 Å². The van der Waals surface area contributed by atoms with Crippen molar-refractivity contribution in [2.45, 2.75) is 62.2 Å². The van der Waals surface area contributed by atoms with Crippen LogP contribution in [0.3, 0.4) is 0 Å². The molecule has 1 aromatic rings. The number of aliphatic carboxylic acids is 1. The first-order valence-corrected chi connectivity index (χ1v) is 13.4. The van der Waals surface area contributed by atoms with Crippen LogP contribution in [0.4, 0.5) is 14.5 Å². The number of azide groups is 1. The Morgan fingerprint density at radius 2 is 1.80 bits per heavy atom. The van der Waals surface area contributed by atoms with Crippen LogP contribution in [0, 0.1) is 12.3 Å². The van der Waals surface area contributed by atoms with E-state index in [1.807, 2.05) is 0 Å². The monoisotopic (exact) mass is 647 g/mol. The lowest BCUT2D eigenvalue weighted by Crippen LogP contribution is -2.61. The lowest BCUT2D eigenvalue weighted by Gasteiger charge is -2.38. The predicted octanol–water partition coefficient (Wildman–Crippen LogP) is -0.159. The minimum absolute atomic E-state index is 0.0665. The number of terminal acetylenes is 1. The van der Waals surface area contributed by atoms with E-state index in [0.717, 1.165) is 12.1 Å². The van der Waals surface area contributed by atoms with E-state index in [-0.39, 0.29) is 58.3 Å². The van der Waals surface area contributed by atoms with Crippen LogP contribution in [-0.4, -0.2) is 120 Å². The molecular formula is C26H35F2N5O12. The smallest absolute Gasteiger partial charge is 0.335 e. The number of rotatable bonds is 20. The van der Waals surface area contributed by atoms with Crippen LogP contribution >= 0.6 is 0 Å². The lowest BCUT2D eigenvalue weighted by molar-refractivity contribution is -0.271. The van der Waals surface area contributed by atoms with Gasteiger partial charge in [-0.3, -0.25) is 10.1 Å². The number of aliphatic hydroxyl groups excluding tert-OH is 4. The summed E-state index contributed by atoms with van der Waals surface area (Å²) in [6.07, 6.45) is -8.93. The molecule has 1 aliphatic rings. The van der Waals surface area contributed by atoms with Gasteiger partial charge in [-0.05, 0) is 30.2 Å². The van der Waals surface area contributed by atoms with E-state index < -0.39 is 72.6 Å². The average molecular weight is 648 g/mol. The van der Waals surface area contributed by atoms with Gasteiger partial charge in [0, 0.05) is 17.0 Å². The van der Waals surface area contributed by atoms with Crippen LogP contribution in [0.2, 0.25) is 0 Å². The molecule has 0 spiro atoms. The molecule has 45 heavy (non-hydrogen) atoms. The molecule has 19 heteroatoms. The zero-order chi connectivity index (χ0) is 33.4. The number of carboxylic acid groups (broad SMARTS) is 1. The number of nitrogens with zero attached hydrogens (tertiary/aromatic N) is 3. The zero-order valence-corrected chi connectivity index (χ0v) is 23.8. The summed E-state index contributed by atoms with van der Waals surface area (Å²) in [5.74, 6) is -0.602. The van der Waals surface area contributed by atoms with Crippen molar-refractivity contribution >= 4 is 17.6 Å². The summed E-state index contributed by atoms with van der Waals surface area (Å²) in [6.45, 7) is 0.325. The number of ether oxygens (including phenoxy) is 5. The van der Waals surface area contributed by atoms with E-state index in [9.17, 15) is 43.9 Å². The molecule has 7 atom stereocenters. The number of amides is 1. The number of anilines is 1. The topological polar surface area (TPSA) is 254 Å². The highest BCUT2D eigenvalue weighted by Crippen LogP contribution is 2.34. The molecule has 7 unspecified atom stereocenters. The highest BCUT2D eigenvalue weighted by atomic mass is 19.3. The summed E-state index contributed by atoms with van der Waals surface area (Å²) in [6, 6.07) is 1.98. The van der Waals surface area contributed by atoms with Crippen molar-refractivity contribution in [3.8, 4) is 18.1 Å². The van der Waals surface area contributed by atoms with Gasteiger partial charge in [0.2, 0.25) is 12.2 Å². The Hall–Kier alpha value is -3.67. The second-order valence-electron chi connectivity index (χ2n) is 9.33. The maximum Gasteiger partial charge on any atom is 0.335 e. The predicted molar refractivity (Wildman–Crippen MR) is 148 cm³/mol. The molecule has 250 valence electrons. The van der Waals surface area contributed by atoms with Crippen molar-refractivity contribution in [2.24, 2.45) is 5.11 Å². The fourth-order valence-corrected chi connectivity index (χ4v) is 3.87. The van der Waals surface area contributed by atoms with Gasteiger partial charge >= 0.3 is 5.97 Å². The molecule has 1 heterocycles. The van der Waals surface area contributed by atoms with Gasteiger partial charge in [-0.1, -0.05) is 5.11 Å². The van der Waals surface area contributed by atoms with Crippen LogP contribution in [-0.2, 0) is 28.5 Å². The van der Waals surface area contributed by atoms with Gasteiger partial charge < -0.3 is 54.5 Å². The third-order valence-electron chi connectivity index (χ3n) is 6.09. The largest absolute Gasteiger partial charge is 0.479 e. The highest BCUT2D eigenvalue weighted by molar-refractivity contribution is 5.95. The molecule has 1 aliphatic heterocycles. The van der Waals surface area contributed by atoms with Crippen molar-refractivity contribution in [3.05, 3.63) is 34.2 Å². The van der Waals surface area contributed by atoms with E-state index in [4.69, 9.17) is 35.6 Å². The normalized spacial score (nSPS) is 22.6. The van der Waals surface area contributed by atoms with Crippen LogP contribution in [0.5, 0.6) is 5.75 Å². The molecule has 0 radical (unpaired) electrons. The fraction of sp³-hybridized carbons (Fsp3) is 0.615. The van der Waals surface area contributed by atoms with Gasteiger partial charge in [0.05, 0.1) is 44.6 Å². The quantitative estimate of drug-likeness (QED) is 0.0243. The number of hydrogen-bond donors (Lipinski definition) is 7. The van der Waals surface area contributed by atoms with Crippen molar-refractivity contribution < 1.29 is 67.6 Å². The molecule has 0 saturated carbocycles. The van der Waals surface area contributed by atoms with Crippen molar-refractivity contribution in [1.29, 1.82) is 0 Å². The van der Waals surface area contributed by atoms with E-state index in [2.05, 4.69) is 26.6 Å². The van der Waals surface area contributed by atoms with Gasteiger partial charge in [-0.2, -0.15) is 0 Å². The number of carboxylic acids is 1. The van der Waals surface area contributed by atoms with Crippen molar-refractivity contribution in [2.75, 3.05) is 45.1 Å². The second kappa shape index (κ2) is 19.7. The van der Waals surface area contributed by atoms with Crippen LogP contribution in [0.1, 0.15) is 24.8 Å². The number of alkyl halides is 2. The molecule has 1 amide bonds. The molecule has 2 rings (SSSR count). The van der Waals surface area contributed by atoms with Gasteiger partial charge in [0.25, 0.3) is 6.43 Å². The molecule has 0 aliphatic carbocycles. The Kier molecular flexibility index (Phi) is 16.4. The minimum atomic E-state index is -3.17. The summed E-state index contributed by atoms with van der Waals surface area (Å²) in [5, 5.41) is 57.6. The molecule has 1 fully saturated rings. The van der Waals surface area contributed by atoms with Crippen molar-refractivity contribution in [1.82, 2.24) is 5.32 Å². The number of hydrogen-bond acceptors (Lipinski definition) is 13. The van der Waals surface area contributed by atoms with Gasteiger partial charge in [-0.15, -0.1) is 12.3 Å². The molecular weight excluding hydrogens is 612 g/mol. The molecule has 0 bridgehead atoms. The van der Waals surface area contributed by atoms with E-state index in [1.54, 1.807) is 0 Å². The highest BCUT2D eigenvalue weighted by Gasteiger charge is 2.48. The maximum absolute atomic E-state index is 13.9. The number of halogens is 2. The third kappa shape index (κ3) is 12.3. The molecule has 1 aromatic carbocycles. The Morgan fingerprint density at radius 1 is 1.11 bits per heavy atom. The zero-order valence-electron chi connectivity index (χ0n) is 23.8. The van der Waals surface area contributed by atoms with Crippen molar-refractivity contribution in [3.63, 3.8) is 0 Å². The standard InChI is InChI=1S/C26H35F2N5O12/c1-2-3-4-16(32-18(34)12-42-9-7-41-8-10-43-13-30-33-29)24(38)31-14-5-6-17(15(11-14)23(27)28)44-26-21(37)19(35)20(36)22(45-26)25(39)40/h1,5-6,11,16,18-23,26,32,34-37H,3-4,7-10,12-13H2,(H,31,38)(H,39,40). The number of carbonyl (C=O) groups excluding carboxylic acids is 1. The van der Waals surface area contributed by atoms with Crippen LogP contribution in [0.15, 0.2) is 23.3 Å². The number of carbonyl (C=O) groups is 2. The summed E-state index contributed by atoms with van der Waals surface area (Å²) < 4.78 is 53.6. The maximum atomic E-state index is 13.9. The Balaban J connectivity index is 1.97. The first-order valence-electron chi connectivity index (χ1n) is 13.4. The van der Waals surface area contributed by atoms with E-state index >= 15 is 0 Å². The molecule has 0 aromatic heterocycles. The first kappa shape index (κ1) is 37.5. The SMILES string of the molecule is C#CCCC(NC(O)COCCOCCOCN=[N+]=[N-])C(=O)Nc1ccc(OC2OC(C(=O)O)C(O)C(O)C2O)c(C(F)F)c1. The minimum Gasteiger partial charge on any atom is -0.479 e. The fourth-order valence-electron chi connectivity index (χ4n) is 3.87. The van der Waals surface area contributed by atoms with Crippen LogP contribution in [0.25, 0.3) is 10.4 Å². The Bertz CT molecular complexity index is 1190. The average Bonchev–Trinajstić information content (AvgIpc) is 3.00. The second-order valence-corrected chi connectivity index (χ2v) is 9.33. The molecule has 7 N–H and O–H groups in total. The van der Waals surface area contributed by atoms with E-state index in [1.165, 1.54) is 6.07 Å². The van der Waals surface area contributed by atoms with Gasteiger partial charge in [0.15, 0.2) is 6.10 Å². The summed E-state index contributed by atoms with van der Waals surface area (Å²) >= 11 is 0.